The van der Waals surface area contributed by atoms with Crippen LogP contribution in [-0.4, -0.2) is 24.2 Å². The molecule has 2 heterocycles. The Morgan fingerprint density at radius 1 is 1.73 bits per heavy atom. The van der Waals surface area contributed by atoms with Crippen LogP contribution in [0, 0.1) is 5.41 Å². The van der Waals surface area contributed by atoms with Crippen molar-refractivity contribution in [3.8, 4) is 0 Å². The van der Waals surface area contributed by atoms with Gasteiger partial charge in [-0.3, -0.25) is 4.79 Å². The molecule has 1 fully saturated rings. The minimum absolute atomic E-state index is 0.534. The van der Waals surface area contributed by atoms with Crippen molar-refractivity contribution in [2.24, 2.45) is 5.41 Å². The van der Waals surface area contributed by atoms with E-state index in [1.807, 2.05) is 11.4 Å². The molecule has 82 valence electrons. The highest BCUT2D eigenvalue weighted by molar-refractivity contribution is 7.10. The molecule has 3 nitrogen and oxygen atoms in total. The number of thiophene rings is 1. The quantitative estimate of drug-likeness (QED) is 0.857. The number of carbonyl (C=O) groups is 1. The Balaban J connectivity index is 2.21. The highest BCUT2D eigenvalue weighted by Gasteiger charge is 2.42. The lowest BCUT2D eigenvalue weighted by Gasteiger charge is -2.22. The topological polar surface area (TPSA) is 49.3 Å². The lowest BCUT2D eigenvalue weighted by Crippen LogP contribution is -2.35. The van der Waals surface area contributed by atoms with Crippen LogP contribution >= 0.6 is 22.9 Å². The molecule has 0 bridgehead atoms. The summed E-state index contributed by atoms with van der Waals surface area (Å²) in [6, 6.07) is 1.82. The van der Waals surface area contributed by atoms with Gasteiger partial charge in [-0.05, 0) is 24.4 Å². The third-order valence-corrected chi connectivity index (χ3v) is 4.27. The SMILES string of the molecule is O=C(O)C1(Cc2sccc2Cl)CCNC1. The van der Waals surface area contributed by atoms with Crippen LogP contribution in [0.2, 0.25) is 5.02 Å². The molecule has 2 rings (SSSR count). The lowest BCUT2D eigenvalue weighted by atomic mass is 9.83. The van der Waals surface area contributed by atoms with E-state index in [4.69, 9.17) is 11.6 Å². The van der Waals surface area contributed by atoms with Gasteiger partial charge in [0.15, 0.2) is 0 Å². The van der Waals surface area contributed by atoms with Crippen molar-refractivity contribution in [3.05, 3.63) is 21.3 Å². The second-order valence-electron chi connectivity index (χ2n) is 3.88. The summed E-state index contributed by atoms with van der Waals surface area (Å²) in [5.74, 6) is -0.725. The molecule has 0 radical (unpaired) electrons. The van der Waals surface area contributed by atoms with E-state index in [1.165, 1.54) is 11.3 Å². The molecule has 1 aromatic heterocycles. The van der Waals surface area contributed by atoms with Gasteiger partial charge in [0.1, 0.15) is 0 Å². The summed E-state index contributed by atoms with van der Waals surface area (Å²) in [6.45, 7) is 1.31. The van der Waals surface area contributed by atoms with Crippen molar-refractivity contribution in [3.63, 3.8) is 0 Å². The fraction of sp³-hybridized carbons (Fsp3) is 0.500. The molecule has 1 aliphatic rings. The maximum absolute atomic E-state index is 11.3. The van der Waals surface area contributed by atoms with Crippen molar-refractivity contribution >= 4 is 28.9 Å². The molecule has 1 saturated heterocycles. The fourth-order valence-electron chi connectivity index (χ4n) is 1.91. The second-order valence-corrected chi connectivity index (χ2v) is 5.29. The first-order valence-corrected chi connectivity index (χ1v) is 6.06. The van der Waals surface area contributed by atoms with Gasteiger partial charge in [0.25, 0.3) is 0 Å². The Morgan fingerprint density at radius 3 is 3.00 bits per heavy atom. The summed E-state index contributed by atoms with van der Waals surface area (Å²) in [5.41, 5.74) is -0.658. The van der Waals surface area contributed by atoms with Crippen molar-refractivity contribution < 1.29 is 9.90 Å². The monoisotopic (exact) mass is 245 g/mol. The molecule has 1 aromatic rings. The van der Waals surface area contributed by atoms with Gasteiger partial charge in [0, 0.05) is 17.8 Å². The van der Waals surface area contributed by atoms with Crippen LogP contribution in [0.15, 0.2) is 11.4 Å². The molecule has 1 aliphatic heterocycles. The third-order valence-electron chi connectivity index (χ3n) is 2.89. The van der Waals surface area contributed by atoms with Crippen LogP contribution in [0.5, 0.6) is 0 Å². The first-order valence-electron chi connectivity index (χ1n) is 4.80. The highest BCUT2D eigenvalue weighted by Crippen LogP contribution is 2.35. The zero-order valence-electron chi connectivity index (χ0n) is 8.12. The molecule has 5 heteroatoms. The van der Waals surface area contributed by atoms with Gasteiger partial charge < -0.3 is 10.4 Å². The van der Waals surface area contributed by atoms with Crippen molar-refractivity contribution in [1.82, 2.24) is 5.32 Å². The Bertz CT molecular complexity index is 371. The van der Waals surface area contributed by atoms with Crippen LogP contribution in [-0.2, 0) is 11.2 Å². The molecule has 0 saturated carbocycles. The fourth-order valence-corrected chi connectivity index (χ4v) is 3.16. The van der Waals surface area contributed by atoms with Gasteiger partial charge in [-0.2, -0.15) is 0 Å². The predicted molar refractivity (Wildman–Crippen MR) is 60.6 cm³/mol. The van der Waals surface area contributed by atoms with Crippen molar-refractivity contribution in [2.45, 2.75) is 12.8 Å². The van der Waals surface area contributed by atoms with Crippen LogP contribution < -0.4 is 5.32 Å². The highest BCUT2D eigenvalue weighted by atomic mass is 35.5. The van der Waals surface area contributed by atoms with E-state index in [0.29, 0.717) is 24.4 Å². The maximum atomic E-state index is 11.3. The van der Waals surface area contributed by atoms with E-state index in [1.54, 1.807) is 0 Å². The van der Waals surface area contributed by atoms with E-state index in [-0.39, 0.29) is 0 Å². The van der Waals surface area contributed by atoms with Crippen LogP contribution in [0.4, 0.5) is 0 Å². The summed E-state index contributed by atoms with van der Waals surface area (Å²) < 4.78 is 0. The van der Waals surface area contributed by atoms with Gasteiger partial charge in [-0.15, -0.1) is 11.3 Å². The van der Waals surface area contributed by atoms with Gasteiger partial charge in [-0.25, -0.2) is 0 Å². The number of aliphatic carboxylic acids is 1. The molecule has 1 atom stereocenters. The Hall–Kier alpha value is -0.580. The molecule has 15 heavy (non-hydrogen) atoms. The standard InChI is InChI=1S/C10H12ClNO2S/c11-7-1-4-15-8(7)5-10(9(13)14)2-3-12-6-10/h1,4,12H,2-3,5-6H2,(H,13,14). The zero-order valence-corrected chi connectivity index (χ0v) is 9.70. The molecule has 0 aromatic carbocycles. The van der Waals surface area contributed by atoms with Crippen molar-refractivity contribution in [2.75, 3.05) is 13.1 Å². The minimum atomic E-state index is -0.725. The van der Waals surface area contributed by atoms with E-state index in [0.717, 1.165) is 11.4 Å². The smallest absolute Gasteiger partial charge is 0.311 e. The number of hydrogen-bond acceptors (Lipinski definition) is 3. The summed E-state index contributed by atoms with van der Waals surface area (Å²) >= 11 is 7.51. The second kappa shape index (κ2) is 4.12. The van der Waals surface area contributed by atoms with E-state index >= 15 is 0 Å². The van der Waals surface area contributed by atoms with Gasteiger partial charge in [0.2, 0.25) is 0 Å². The van der Waals surface area contributed by atoms with Crippen molar-refractivity contribution in [1.29, 1.82) is 0 Å². The van der Waals surface area contributed by atoms with Crippen LogP contribution in [0.3, 0.4) is 0 Å². The number of halogens is 1. The molecule has 0 amide bonds. The number of hydrogen-bond donors (Lipinski definition) is 2. The number of carboxylic acid groups (broad SMARTS) is 1. The zero-order chi connectivity index (χ0) is 10.9. The van der Waals surface area contributed by atoms with Crippen LogP contribution in [0.1, 0.15) is 11.3 Å². The summed E-state index contributed by atoms with van der Waals surface area (Å²) in [4.78, 5) is 12.3. The average Bonchev–Trinajstić information content (AvgIpc) is 2.78. The Labute approximate surface area is 97.1 Å². The van der Waals surface area contributed by atoms with Gasteiger partial charge >= 0.3 is 5.97 Å². The molecule has 2 N–H and O–H groups in total. The maximum Gasteiger partial charge on any atom is 0.311 e. The largest absolute Gasteiger partial charge is 0.481 e. The summed E-state index contributed by atoms with van der Waals surface area (Å²) in [6.07, 6.45) is 1.21. The van der Waals surface area contributed by atoms with Gasteiger partial charge in [-0.1, -0.05) is 11.6 Å². The molecule has 0 spiro atoms. The lowest BCUT2D eigenvalue weighted by molar-refractivity contribution is -0.147. The normalized spacial score (nSPS) is 25.7. The number of rotatable bonds is 3. The Morgan fingerprint density at radius 2 is 2.53 bits per heavy atom. The molecular weight excluding hydrogens is 234 g/mol. The third kappa shape index (κ3) is 2.02. The Kier molecular flexibility index (Phi) is 3.00. The molecule has 1 unspecified atom stereocenters. The van der Waals surface area contributed by atoms with Crippen LogP contribution in [0.25, 0.3) is 0 Å². The molecular formula is C10H12ClNO2S. The van der Waals surface area contributed by atoms with Gasteiger partial charge in [0.05, 0.1) is 10.4 Å². The minimum Gasteiger partial charge on any atom is -0.481 e. The van der Waals surface area contributed by atoms with E-state index in [2.05, 4.69) is 5.32 Å². The molecule has 0 aliphatic carbocycles. The predicted octanol–water partition coefficient (Wildman–Crippen LogP) is 2.01. The number of carboxylic acids is 1. The first-order chi connectivity index (χ1) is 7.14. The summed E-state index contributed by atoms with van der Waals surface area (Å²) in [7, 11) is 0. The number of nitrogens with one attached hydrogen (secondary N) is 1. The first kappa shape index (κ1) is 10.9. The van der Waals surface area contributed by atoms with E-state index < -0.39 is 11.4 Å². The average molecular weight is 246 g/mol. The summed E-state index contributed by atoms with van der Waals surface area (Å²) in [5, 5.41) is 15.0. The van der Waals surface area contributed by atoms with E-state index in [9.17, 15) is 9.90 Å².